The molecule has 0 saturated heterocycles. The smallest absolute Gasteiger partial charge is 0.127 e. The van der Waals surface area contributed by atoms with E-state index in [1.165, 1.54) is 5.56 Å². The van der Waals surface area contributed by atoms with Crippen molar-refractivity contribution in [1.29, 1.82) is 0 Å². The zero-order valence-corrected chi connectivity index (χ0v) is 14.6. The van der Waals surface area contributed by atoms with E-state index in [-0.39, 0.29) is 0 Å². The van der Waals surface area contributed by atoms with E-state index in [1.54, 1.807) is 0 Å². The van der Waals surface area contributed by atoms with Crippen LogP contribution in [-0.4, -0.2) is 16.3 Å². The van der Waals surface area contributed by atoms with Gasteiger partial charge < -0.3 is 10.1 Å². The highest BCUT2D eigenvalue weighted by Crippen LogP contribution is 2.25. The maximum absolute atomic E-state index is 5.87. The first-order valence-corrected chi connectivity index (χ1v) is 8.89. The van der Waals surface area contributed by atoms with Gasteiger partial charge in [0.1, 0.15) is 11.5 Å². The number of rotatable bonds is 9. The van der Waals surface area contributed by atoms with Gasteiger partial charge in [-0.2, -0.15) is 5.10 Å². The quantitative estimate of drug-likeness (QED) is 0.610. The summed E-state index contributed by atoms with van der Waals surface area (Å²) in [6, 6.07) is 20.6. The molecule has 1 N–H and O–H groups in total. The molecule has 1 heterocycles. The van der Waals surface area contributed by atoms with Gasteiger partial charge in [-0.15, -0.1) is 0 Å². The SMILES string of the molecule is CCCC(NCCn1cccn1)c1ccc(Oc2ccccc2)cc1. The highest BCUT2D eigenvalue weighted by Gasteiger charge is 2.10. The molecule has 0 bridgehead atoms. The number of benzene rings is 2. The molecule has 0 aliphatic carbocycles. The van der Waals surface area contributed by atoms with Crippen LogP contribution >= 0.6 is 0 Å². The van der Waals surface area contributed by atoms with Crippen molar-refractivity contribution in [2.45, 2.75) is 32.4 Å². The number of nitrogens with zero attached hydrogens (tertiary/aromatic N) is 2. The summed E-state index contributed by atoms with van der Waals surface area (Å²) in [5, 5.41) is 7.89. The maximum Gasteiger partial charge on any atom is 0.127 e. The van der Waals surface area contributed by atoms with E-state index in [4.69, 9.17) is 4.74 Å². The molecule has 0 saturated carbocycles. The molecule has 3 rings (SSSR count). The Hall–Kier alpha value is -2.59. The van der Waals surface area contributed by atoms with Gasteiger partial charge in [0, 0.05) is 25.0 Å². The molecule has 0 amide bonds. The van der Waals surface area contributed by atoms with Crippen molar-refractivity contribution in [1.82, 2.24) is 15.1 Å². The molecule has 0 aliphatic rings. The van der Waals surface area contributed by atoms with Crippen molar-refractivity contribution in [3.8, 4) is 11.5 Å². The molecule has 25 heavy (non-hydrogen) atoms. The highest BCUT2D eigenvalue weighted by molar-refractivity contribution is 5.33. The van der Waals surface area contributed by atoms with Gasteiger partial charge in [-0.05, 0) is 42.3 Å². The minimum atomic E-state index is 0.353. The van der Waals surface area contributed by atoms with Crippen molar-refractivity contribution in [3.05, 3.63) is 78.6 Å². The fraction of sp³-hybridized carbons (Fsp3) is 0.286. The first kappa shape index (κ1) is 17.2. The predicted octanol–water partition coefficient (Wildman–Crippen LogP) is 4.81. The number of nitrogens with one attached hydrogen (secondary N) is 1. The fourth-order valence-electron chi connectivity index (χ4n) is 2.85. The van der Waals surface area contributed by atoms with Crippen LogP contribution in [0.4, 0.5) is 0 Å². The Morgan fingerprint density at radius 2 is 1.76 bits per heavy atom. The van der Waals surface area contributed by atoms with Crippen molar-refractivity contribution in [2.75, 3.05) is 6.54 Å². The van der Waals surface area contributed by atoms with Crippen LogP contribution in [0.15, 0.2) is 73.1 Å². The second-order valence-corrected chi connectivity index (χ2v) is 6.05. The predicted molar refractivity (Wildman–Crippen MR) is 101 cm³/mol. The number of aromatic nitrogens is 2. The Morgan fingerprint density at radius 3 is 2.44 bits per heavy atom. The van der Waals surface area contributed by atoms with Crippen LogP contribution in [0.1, 0.15) is 31.4 Å². The largest absolute Gasteiger partial charge is 0.457 e. The molecule has 130 valence electrons. The molecular weight excluding hydrogens is 310 g/mol. The zero-order valence-electron chi connectivity index (χ0n) is 14.6. The van der Waals surface area contributed by atoms with Gasteiger partial charge >= 0.3 is 0 Å². The van der Waals surface area contributed by atoms with Crippen molar-refractivity contribution >= 4 is 0 Å². The molecule has 1 aromatic heterocycles. The zero-order chi connectivity index (χ0) is 17.3. The first-order valence-electron chi connectivity index (χ1n) is 8.89. The minimum absolute atomic E-state index is 0.353. The van der Waals surface area contributed by atoms with Gasteiger partial charge in [0.15, 0.2) is 0 Å². The van der Waals surface area contributed by atoms with Gasteiger partial charge in [-0.3, -0.25) is 4.68 Å². The minimum Gasteiger partial charge on any atom is -0.457 e. The van der Waals surface area contributed by atoms with E-state index >= 15 is 0 Å². The van der Waals surface area contributed by atoms with Crippen molar-refractivity contribution in [3.63, 3.8) is 0 Å². The molecule has 3 aromatic rings. The summed E-state index contributed by atoms with van der Waals surface area (Å²) in [7, 11) is 0. The topological polar surface area (TPSA) is 39.1 Å². The average molecular weight is 335 g/mol. The molecule has 0 fully saturated rings. The van der Waals surface area contributed by atoms with E-state index in [0.29, 0.717) is 6.04 Å². The van der Waals surface area contributed by atoms with E-state index in [0.717, 1.165) is 37.4 Å². The molecule has 4 heteroatoms. The van der Waals surface area contributed by atoms with Crippen LogP contribution in [-0.2, 0) is 6.54 Å². The number of hydrogen-bond acceptors (Lipinski definition) is 3. The summed E-state index contributed by atoms with van der Waals surface area (Å²) in [6.07, 6.45) is 6.06. The Labute approximate surface area is 149 Å². The summed E-state index contributed by atoms with van der Waals surface area (Å²) >= 11 is 0. The summed E-state index contributed by atoms with van der Waals surface area (Å²) in [6.45, 7) is 3.99. The molecule has 1 atom stereocenters. The third-order valence-electron chi connectivity index (χ3n) is 4.13. The summed E-state index contributed by atoms with van der Waals surface area (Å²) in [4.78, 5) is 0. The van der Waals surface area contributed by atoms with Gasteiger partial charge in [0.25, 0.3) is 0 Å². The third-order valence-corrected chi connectivity index (χ3v) is 4.13. The van der Waals surface area contributed by atoms with Gasteiger partial charge in [-0.1, -0.05) is 43.7 Å². The van der Waals surface area contributed by atoms with E-state index in [1.807, 2.05) is 65.6 Å². The Kier molecular flexibility index (Phi) is 6.23. The highest BCUT2D eigenvalue weighted by atomic mass is 16.5. The summed E-state index contributed by atoms with van der Waals surface area (Å²) in [5.74, 6) is 1.72. The second kappa shape index (κ2) is 9.04. The first-order chi connectivity index (χ1) is 12.3. The van der Waals surface area contributed by atoms with Crippen LogP contribution in [0.5, 0.6) is 11.5 Å². The third kappa shape index (κ3) is 5.19. The lowest BCUT2D eigenvalue weighted by Gasteiger charge is -2.19. The molecule has 2 aromatic carbocycles. The summed E-state index contributed by atoms with van der Waals surface area (Å²) < 4.78 is 7.82. The monoisotopic (exact) mass is 335 g/mol. The number of hydrogen-bond donors (Lipinski definition) is 1. The van der Waals surface area contributed by atoms with E-state index < -0.39 is 0 Å². The lowest BCUT2D eigenvalue weighted by Crippen LogP contribution is -2.25. The molecular formula is C21H25N3O. The summed E-state index contributed by atoms with van der Waals surface area (Å²) in [5.41, 5.74) is 1.29. The van der Waals surface area contributed by atoms with Crippen LogP contribution < -0.4 is 10.1 Å². The lowest BCUT2D eigenvalue weighted by atomic mass is 10.0. The lowest BCUT2D eigenvalue weighted by molar-refractivity contribution is 0.458. The van der Waals surface area contributed by atoms with E-state index in [2.05, 4.69) is 29.5 Å². The number of ether oxygens (including phenoxy) is 1. The molecule has 4 nitrogen and oxygen atoms in total. The molecule has 0 aliphatic heterocycles. The molecule has 0 spiro atoms. The fourth-order valence-corrected chi connectivity index (χ4v) is 2.85. The van der Waals surface area contributed by atoms with Gasteiger partial charge in [-0.25, -0.2) is 0 Å². The van der Waals surface area contributed by atoms with Crippen LogP contribution in [0.2, 0.25) is 0 Å². The molecule has 0 radical (unpaired) electrons. The van der Waals surface area contributed by atoms with Crippen LogP contribution in [0.3, 0.4) is 0 Å². The van der Waals surface area contributed by atoms with Gasteiger partial charge in [0.2, 0.25) is 0 Å². The van der Waals surface area contributed by atoms with Crippen LogP contribution in [0.25, 0.3) is 0 Å². The Morgan fingerprint density at radius 1 is 1.00 bits per heavy atom. The van der Waals surface area contributed by atoms with Crippen molar-refractivity contribution < 1.29 is 4.74 Å². The number of para-hydroxylation sites is 1. The van der Waals surface area contributed by atoms with E-state index in [9.17, 15) is 0 Å². The maximum atomic E-state index is 5.87. The van der Waals surface area contributed by atoms with Crippen molar-refractivity contribution in [2.24, 2.45) is 0 Å². The average Bonchev–Trinajstić information content (AvgIpc) is 3.16. The Bertz CT molecular complexity index is 724. The van der Waals surface area contributed by atoms with Gasteiger partial charge in [0.05, 0.1) is 6.54 Å². The second-order valence-electron chi connectivity index (χ2n) is 6.05. The van der Waals surface area contributed by atoms with Crippen LogP contribution in [0, 0.1) is 0 Å². The molecule has 1 unspecified atom stereocenters. The standard InChI is InChI=1S/C21H25N3O/c1-2-7-21(22-15-17-24-16-6-14-23-24)18-10-12-20(13-11-18)25-19-8-4-3-5-9-19/h3-6,8-14,16,21-22H,2,7,15,17H2,1H3. The normalized spacial score (nSPS) is 12.0. The Balaban J connectivity index is 1.58.